The van der Waals surface area contributed by atoms with Crippen molar-refractivity contribution in [3.05, 3.63) is 88.6 Å². The third kappa shape index (κ3) is 7.05. The van der Waals surface area contributed by atoms with Gasteiger partial charge in [-0.3, -0.25) is 9.69 Å². The van der Waals surface area contributed by atoms with Crippen LogP contribution in [0.15, 0.2) is 59.2 Å². The first-order valence-electron chi connectivity index (χ1n) is 10.6. The average molecular weight is 421 g/mol. The van der Waals surface area contributed by atoms with Crippen LogP contribution >= 0.6 is 0 Å². The lowest BCUT2D eigenvalue weighted by Crippen LogP contribution is -2.31. The van der Waals surface area contributed by atoms with Crippen LogP contribution in [0.3, 0.4) is 0 Å². The maximum Gasteiger partial charge on any atom is 0.273 e. The van der Waals surface area contributed by atoms with Gasteiger partial charge in [0.1, 0.15) is 6.26 Å². The largest absolute Gasteiger partial charge is 0.447 e. The summed E-state index contributed by atoms with van der Waals surface area (Å²) in [6, 6.07) is 16.9. The van der Waals surface area contributed by atoms with Crippen molar-refractivity contribution in [2.45, 2.75) is 33.5 Å². The van der Waals surface area contributed by atoms with Crippen molar-refractivity contribution in [2.75, 3.05) is 27.2 Å². The predicted molar refractivity (Wildman–Crippen MR) is 123 cm³/mol. The molecule has 0 aliphatic carbocycles. The fraction of sp³-hybridized carbons (Fsp3) is 0.360. The zero-order valence-corrected chi connectivity index (χ0v) is 18.9. The molecule has 1 amide bonds. The summed E-state index contributed by atoms with van der Waals surface area (Å²) in [7, 11) is 3.94. The maximum absolute atomic E-state index is 12.3. The second kappa shape index (κ2) is 10.9. The number of benzene rings is 2. The predicted octanol–water partition coefficient (Wildman–Crippen LogP) is 3.79. The quantitative estimate of drug-likeness (QED) is 0.541. The Morgan fingerprint density at radius 2 is 1.81 bits per heavy atom. The second-order valence-electron chi connectivity index (χ2n) is 8.25. The van der Waals surface area contributed by atoms with Gasteiger partial charge in [-0.2, -0.15) is 0 Å². The van der Waals surface area contributed by atoms with Crippen molar-refractivity contribution < 1.29 is 9.21 Å². The van der Waals surface area contributed by atoms with Crippen molar-refractivity contribution in [3.63, 3.8) is 0 Å². The van der Waals surface area contributed by atoms with Crippen LogP contribution in [-0.4, -0.2) is 47.9 Å². The Morgan fingerprint density at radius 1 is 1.03 bits per heavy atom. The van der Waals surface area contributed by atoms with Crippen molar-refractivity contribution in [2.24, 2.45) is 0 Å². The number of hydrogen-bond acceptors (Lipinski definition) is 5. The molecule has 0 atom stereocenters. The second-order valence-corrected chi connectivity index (χ2v) is 8.25. The lowest BCUT2D eigenvalue weighted by Gasteiger charge is -2.22. The minimum absolute atomic E-state index is 0.208. The van der Waals surface area contributed by atoms with Crippen LogP contribution in [0.2, 0.25) is 0 Å². The van der Waals surface area contributed by atoms with E-state index < -0.39 is 0 Å². The normalized spacial score (nSPS) is 11.3. The van der Waals surface area contributed by atoms with Crippen LogP contribution in [0.4, 0.5) is 0 Å². The molecule has 0 aliphatic heterocycles. The molecule has 2 aromatic carbocycles. The van der Waals surface area contributed by atoms with E-state index >= 15 is 0 Å². The Morgan fingerprint density at radius 3 is 2.52 bits per heavy atom. The molecule has 0 aliphatic rings. The molecule has 0 bridgehead atoms. The van der Waals surface area contributed by atoms with Crippen LogP contribution < -0.4 is 5.32 Å². The molecular weight excluding hydrogens is 388 g/mol. The number of likely N-dealkylation sites (N-methyl/N-ethyl adjacent to an activating group) is 1. The van der Waals surface area contributed by atoms with Crippen molar-refractivity contribution >= 4 is 5.91 Å². The molecule has 0 fully saturated rings. The van der Waals surface area contributed by atoms with E-state index in [1.807, 2.05) is 37.2 Å². The van der Waals surface area contributed by atoms with Gasteiger partial charge in [-0.1, -0.05) is 54.1 Å². The van der Waals surface area contributed by atoms with Gasteiger partial charge in [0.15, 0.2) is 5.69 Å². The average Bonchev–Trinajstić information content (AvgIpc) is 3.19. The maximum atomic E-state index is 12.3. The van der Waals surface area contributed by atoms with E-state index in [-0.39, 0.29) is 5.91 Å². The molecule has 0 saturated heterocycles. The number of aromatic nitrogens is 1. The minimum Gasteiger partial charge on any atom is -0.447 e. The first-order valence-corrected chi connectivity index (χ1v) is 10.6. The minimum atomic E-state index is -0.208. The Hall–Kier alpha value is -2.96. The van der Waals surface area contributed by atoms with E-state index in [1.54, 1.807) is 0 Å². The smallest absolute Gasteiger partial charge is 0.273 e. The van der Waals surface area contributed by atoms with Crippen LogP contribution in [0.5, 0.6) is 0 Å². The molecule has 3 rings (SSSR count). The number of amides is 1. The summed E-state index contributed by atoms with van der Waals surface area (Å²) in [5.41, 5.74) is 5.34. The Bertz CT molecular complexity index is 982. The fourth-order valence-corrected chi connectivity index (χ4v) is 3.44. The molecule has 6 heteroatoms. The first-order chi connectivity index (χ1) is 14.9. The third-order valence-electron chi connectivity index (χ3n) is 5.13. The molecule has 3 aromatic rings. The number of nitrogens with zero attached hydrogens (tertiary/aromatic N) is 3. The first kappa shape index (κ1) is 22.7. The van der Waals surface area contributed by atoms with Gasteiger partial charge in [0.05, 0.1) is 6.54 Å². The summed E-state index contributed by atoms with van der Waals surface area (Å²) in [6.07, 6.45) is 1.44. The standard InChI is InChI=1S/C25H32N4O2/c1-19-10-11-22(20(2)14-19)16-29(15-21-8-6-5-7-9-21)17-24-27-23(18-31-24)25(30)26-12-13-28(3)4/h5-11,14,18H,12-13,15-17H2,1-4H3,(H,26,30). The van der Waals surface area contributed by atoms with E-state index in [2.05, 4.69) is 59.4 Å². The molecule has 1 aromatic heterocycles. The van der Waals surface area contributed by atoms with Crippen LogP contribution in [0.25, 0.3) is 0 Å². The molecule has 6 nitrogen and oxygen atoms in total. The molecule has 31 heavy (non-hydrogen) atoms. The summed E-state index contributed by atoms with van der Waals surface area (Å²) < 4.78 is 5.64. The third-order valence-corrected chi connectivity index (χ3v) is 5.13. The van der Waals surface area contributed by atoms with Crippen molar-refractivity contribution in [3.8, 4) is 0 Å². The molecule has 1 heterocycles. The topological polar surface area (TPSA) is 61.6 Å². The summed E-state index contributed by atoms with van der Waals surface area (Å²) >= 11 is 0. The zero-order valence-electron chi connectivity index (χ0n) is 18.9. The SMILES string of the molecule is Cc1ccc(CN(Cc2ccccc2)Cc2nc(C(=O)NCCN(C)C)co2)c(C)c1. The van der Waals surface area contributed by atoms with Gasteiger partial charge in [0, 0.05) is 26.2 Å². The number of aryl methyl sites for hydroxylation is 2. The van der Waals surface area contributed by atoms with Gasteiger partial charge in [0.2, 0.25) is 5.89 Å². The number of carbonyl (C=O) groups excluding carboxylic acids is 1. The highest BCUT2D eigenvalue weighted by Crippen LogP contribution is 2.17. The highest BCUT2D eigenvalue weighted by molar-refractivity contribution is 5.91. The van der Waals surface area contributed by atoms with E-state index in [9.17, 15) is 4.79 Å². The summed E-state index contributed by atoms with van der Waals surface area (Å²) in [6.45, 7) is 7.65. The number of hydrogen-bond donors (Lipinski definition) is 1. The summed E-state index contributed by atoms with van der Waals surface area (Å²) in [4.78, 5) is 21.1. The fourth-order valence-electron chi connectivity index (χ4n) is 3.44. The monoisotopic (exact) mass is 420 g/mol. The summed E-state index contributed by atoms with van der Waals surface area (Å²) in [5, 5.41) is 2.87. The zero-order chi connectivity index (χ0) is 22.2. The van der Waals surface area contributed by atoms with E-state index in [0.29, 0.717) is 24.7 Å². The molecule has 0 saturated carbocycles. The lowest BCUT2D eigenvalue weighted by atomic mass is 10.0. The van der Waals surface area contributed by atoms with Gasteiger partial charge in [-0.15, -0.1) is 0 Å². The van der Waals surface area contributed by atoms with E-state index in [1.165, 1.54) is 28.5 Å². The van der Waals surface area contributed by atoms with Crippen LogP contribution in [0.1, 0.15) is 38.6 Å². The van der Waals surface area contributed by atoms with E-state index in [0.717, 1.165) is 19.6 Å². The number of carbonyl (C=O) groups is 1. The van der Waals surface area contributed by atoms with Gasteiger partial charge >= 0.3 is 0 Å². The van der Waals surface area contributed by atoms with Crippen LogP contribution in [-0.2, 0) is 19.6 Å². The molecule has 164 valence electrons. The molecule has 0 unspecified atom stereocenters. The Balaban J connectivity index is 1.71. The van der Waals surface area contributed by atoms with Crippen molar-refractivity contribution in [1.82, 2.24) is 20.1 Å². The van der Waals surface area contributed by atoms with Gasteiger partial charge in [-0.05, 0) is 44.6 Å². The lowest BCUT2D eigenvalue weighted by molar-refractivity contribution is 0.0946. The molecule has 0 spiro atoms. The van der Waals surface area contributed by atoms with Gasteiger partial charge in [-0.25, -0.2) is 4.98 Å². The highest BCUT2D eigenvalue weighted by atomic mass is 16.3. The Labute approximate surface area is 184 Å². The van der Waals surface area contributed by atoms with Gasteiger partial charge < -0.3 is 14.6 Å². The number of oxazole rings is 1. The number of nitrogens with one attached hydrogen (secondary N) is 1. The van der Waals surface area contributed by atoms with Crippen molar-refractivity contribution in [1.29, 1.82) is 0 Å². The Kier molecular flexibility index (Phi) is 7.98. The molecular formula is C25H32N4O2. The number of rotatable bonds is 10. The molecule has 0 radical (unpaired) electrons. The highest BCUT2D eigenvalue weighted by Gasteiger charge is 2.16. The van der Waals surface area contributed by atoms with Gasteiger partial charge in [0.25, 0.3) is 5.91 Å². The van der Waals surface area contributed by atoms with Crippen LogP contribution in [0, 0.1) is 13.8 Å². The molecule has 1 N–H and O–H groups in total. The van der Waals surface area contributed by atoms with E-state index in [4.69, 9.17) is 4.42 Å². The summed E-state index contributed by atoms with van der Waals surface area (Å²) in [5.74, 6) is 0.333.